The molecule has 1 aromatic carbocycles. The molecule has 0 aromatic heterocycles. The largest absolute Gasteiger partial charge is 0.469 e. The van der Waals surface area contributed by atoms with Crippen molar-refractivity contribution in [3.63, 3.8) is 0 Å². The number of hydrogen-bond acceptors (Lipinski definition) is 6. The van der Waals surface area contributed by atoms with Crippen LogP contribution in [0, 0.1) is 6.92 Å². The van der Waals surface area contributed by atoms with Crippen molar-refractivity contribution in [3.05, 3.63) is 44.1 Å². The Morgan fingerprint density at radius 3 is 2.62 bits per heavy atom. The molecule has 0 fully saturated rings. The van der Waals surface area contributed by atoms with Gasteiger partial charge in [0, 0.05) is 13.0 Å². The van der Waals surface area contributed by atoms with Crippen LogP contribution in [0.4, 0.5) is 0 Å². The molecule has 0 amide bonds. The standard InChI is InChI=1S/C21H26N4O4/c1-4-14-12-16-15(11-13(14)2)22-18-19(23-21(28)24-20(18)27)25(16)10-8-6-5-7-9-17(26)29-3/h11-12H,4-10H2,1-3H3,(H,24,27,28). The highest BCUT2D eigenvalue weighted by Gasteiger charge is 2.19. The molecule has 2 aliphatic rings. The Balaban J connectivity index is 1.94. The van der Waals surface area contributed by atoms with Gasteiger partial charge >= 0.3 is 11.7 Å². The predicted octanol–water partition coefficient (Wildman–Crippen LogP) is 2.58. The fourth-order valence-corrected chi connectivity index (χ4v) is 3.59. The third kappa shape index (κ3) is 4.52. The second-order valence-electron chi connectivity index (χ2n) is 7.17. The number of ether oxygens (including phenoxy) is 1. The number of unbranched alkanes of at least 4 members (excludes halogenated alkanes) is 3. The number of methoxy groups -OCH3 is 1. The summed E-state index contributed by atoms with van der Waals surface area (Å²) in [5, 5.41) is 0. The first-order valence-corrected chi connectivity index (χ1v) is 9.95. The Bertz CT molecular complexity index is 1120. The highest BCUT2D eigenvalue weighted by molar-refractivity contribution is 5.81. The summed E-state index contributed by atoms with van der Waals surface area (Å²) in [6, 6.07) is 4.05. The molecule has 0 aliphatic carbocycles. The minimum atomic E-state index is -0.668. The average Bonchev–Trinajstić information content (AvgIpc) is 2.69. The van der Waals surface area contributed by atoms with Crippen LogP contribution in [0.5, 0.6) is 0 Å². The van der Waals surface area contributed by atoms with Gasteiger partial charge in [-0.3, -0.25) is 14.6 Å². The van der Waals surface area contributed by atoms with Crippen LogP contribution in [0.1, 0.15) is 50.2 Å². The predicted molar refractivity (Wildman–Crippen MR) is 110 cm³/mol. The molecule has 0 atom stereocenters. The van der Waals surface area contributed by atoms with Gasteiger partial charge in [0.15, 0.2) is 11.5 Å². The summed E-state index contributed by atoms with van der Waals surface area (Å²) >= 11 is 0. The maximum Gasteiger partial charge on any atom is 0.349 e. The average molecular weight is 398 g/mol. The molecule has 0 bridgehead atoms. The molecule has 0 spiro atoms. The Hall–Kier alpha value is -3.03. The number of benzene rings is 1. The van der Waals surface area contributed by atoms with E-state index in [4.69, 9.17) is 0 Å². The summed E-state index contributed by atoms with van der Waals surface area (Å²) in [6.45, 7) is 4.72. The van der Waals surface area contributed by atoms with Crippen LogP contribution in [0.2, 0.25) is 0 Å². The van der Waals surface area contributed by atoms with Crippen LogP contribution in [0.15, 0.2) is 21.7 Å². The number of nitrogens with one attached hydrogen (secondary N) is 1. The molecular weight excluding hydrogens is 372 g/mol. The van der Waals surface area contributed by atoms with Gasteiger partial charge < -0.3 is 9.30 Å². The second-order valence-corrected chi connectivity index (χ2v) is 7.17. The first-order chi connectivity index (χ1) is 13.9. The van der Waals surface area contributed by atoms with E-state index in [0.29, 0.717) is 24.3 Å². The second kappa shape index (κ2) is 8.98. The smallest absolute Gasteiger partial charge is 0.349 e. The third-order valence-corrected chi connectivity index (χ3v) is 5.19. The lowest BCUT2D eigenvalue weighted by Gasteiger charge is -2.18. The van der Waals surface area contributed by atoms with Crippen molar-refractivity contribution in [1.82, 2.24) is 19.5 Å². The van der Waals surface area contributed by atoms with Gasteiger partial charge in [0.1, 0.15) is 0 Å². The van der Waals surface area contributed by atoms with E-state index in [-0.39, 0.29) is 11.7 Å². The van der Waals surface area contributed by atoms with E-state index in [9.17, 15) is 14.4 Å². The molecule has 8 nitrogen and oxygen atoms in total. The van der Waals surface area contributed by atoms with Crippen molar-refractivity contribution in [1.29, 1.82) is 0 Å². The molecule has 0 unspecified atom stereocenters. The lowest BCUT2D eigenvalue weighted by molar-refractivity contribution is -0.140. The van der Waals surface area contributed by atoms with Gasteiger partial charge in [-0.2, -0.15) is 4.98 Å². The molecule has 0 radical (unpaired) electrons. The Labute approximate surface area is 168 Å². The fourth-order valence-electron chi connectivity index (χ4n) is 3.59. The number of carbonyl (C=O) groups is 1. The quantitative estimate of drug-likeness (QED) is 0.355. The monoisotopic (exact) mass is 398 g/mol. The number of hydrogen-bond donors (Lipinski definition) is 1. The van der Waals surface area contributed by atoms with E-state index < -0.39 is 11.2 Å². The van der Waals surface area contributed by atoms with Gasteiger partial charge in [-0.15, -0.1) is 0 Å². The lowest BCUT2D eigenvalue weighted by atomic mass is 10.0. The van der Waals surface area contributed by atoms with E-state index in [0.717, 1.165) is 43.2 Å². The molecular formula is C21H26N4O4. The van der Waals surface area contributed by atoms with Crippen LogP contribution < -0.4 is 11.2 Å². The van der Waals surface area contributed by atoms with E-state index in [2.05, 4.69) is 32.7 Å². The van der Waals surface area contributed by atoms with Gasteiger partial charge in [0.25, 0.3) is 5.56 Å². The zero-order valence-electron chi connectivity index (χ0n) is 17.1. The number of H-pyrrole nitrogens is 1. The van der Waals surface area contributed by atoms with Crippen LogP contribution in [-0.2, 0) is 22.5 Å². The summed E-state index contributed by atoms with van der Waals surface area (Å²) in [4.78, 5) is 46.1. The third-order valence-electron chi connectivity index (χ3n) is 5.19. The summed E-state index contributed by atoms with van der Waals surface area (Å²) < 4.78 is 6.58. The normalized spacial score (nSPS) is 11.3. The molecule has 0 saturated heterocycles. The van der Waals surface area contributed by atoms with E-state index in [1.54, 1.807) is 0 Å². The number of aromatic amines is 1. The van der Waals surface area contributed by atoms with E-state index >= 15 is 0 Å². The number of nitrogens with zero attached hydrogens (tertiary/aromatic N) is 3. The lowest BCUT2D eigenvalue weighted by Crippen LogP contribution is -2.29. The number of esters is 1. The molecule has 1 aromatic rings. The van der Waals surface area contributed by atoms with Crippen molar-refractivity contribution in [3.8, 4) is 11.5 Å². The number of fused-ring (bicyclic) bond motifs is 2. The van der Waals surface area contributed by atoms with Crippen molar-refractivity contribution in [2.75, 3.05) is 7.11 Å². The summed E-state index contributed by atoms with van der Waals surface area (Å²) in [7, 11) is 1.39. The number of carbonyl (C=O) groups excluding carboxylic acids is 1. The SMILES string of the molecule is CCc1cc2c(cc1C)nc1c(=O)[nH]c(=O)nc-1n2CCCCCCC(=O)OC. The zero-order valence-corrected chi connectivity index (χ0v) is 17.1. The van der Waals surface area contributed by atoms with Gasteiger partial charge in [-0.25, -0.2) is 9.78 Å². The molecule has 29 heavy (non-hydrogen) atoms. The first-order valence-electron chi connectivity index (χ1n) is 9.95. The maximum absolute atomic E-state index is 12.3. The van der Waals surface area contributed by atoms with Gasteiger partial charge in [-0.1, -0.05) is 19.8 Å². The Kier molecular flexibility index (Phi) is 6.41. The van der Waals surface area contributed by atoms with E-state index in [1.165, 1.54) is 12.7 Å². The molecule has 2 heterocycles. The Morgan fingerprint density at radius 1 is 1.14 bits per heavy atom. The molecule has 3 rings (SSSR count). The molecule has 8 heteroatoms. The number of rotatable bonds is 8. The highest BCUT2D eigenvalue weighted by Crippen LogP contribution is 2.25. The fraction of sp³-hybridized carbons (Fsp3) is 0.476. The van der Waals surface area contributed by atoms with Crippen LogP contribution in [0.25, 0.3) is 22.6 Å². The van der Waals surface area contributed by atoms with Gasteiger partial charge in [0.05, 0.1) is 18.1 Å². The van der Waals surface area contributed by atoms with Crippen LogP contribution >= 0.6 is 0 Å². The zero-order chi connectivity index (χ0) is 21.0. The molecule has 0 saturated carbocycles. The summed E-state index contributed by atoms with van der Waals surface area (Å²) in [5.41, 5.74) is 2.87. The first kappa shape index (κ1) is 20.7. The molecule has 154 valence electrons. The summed E-state index contributed by atoms with van der Waals surface area (Å²) in [6.07, 6.45) is 4.71. The molecule has 1 N–H and O–H groups in total. The number of aromatic nitrogens is 4. The minimum absolute atomic E-state index is 0.173. The number of aryl methyl sites for hydroxylation is 3. The van der Waals surface area contributed by atoms with Crippen molar-refractivity contribution >= 4 is 17.0 Å². The van der Waals surface area contributed by atoms with Crippen molar-refractivity contribution in [2.24, 2.45) is 0 Å². The molecule has 2 aliphatic heterocycles. The van der Waals surface area contributed by atoms with Crippen LogP contribution in [-0.4, -0.2) is 32.6 Å². The minimum Gasteiger partial charge on any atom is -0.469 e. The van der Waals surface area contributed by atoms with Crippen LogP contribution in [0.3, 0.4) is 0 Å². The maximum atomic E-state index is 12.3. The topological polar surface area (TPSA) is 107 Å². The van der Waals surface area contributed by atoms with Crippen molar-refractivity contribution < 1.29 is 9.53 Å². The van der Waals surface area contributed by atoms with Crippen molar-refractivity contribution in [2.45, 2.75) is 58.9 Å². The van der Waals surface area contributed by atoms with E-state index in [1.807, 2.05) is 17.6 Å². The van der Waals surface area contributed by atoms with Gasteiger partial charge in [0.2, 0.25) is 0 Å². The van der Waals surface area contributed by atoms with Gasteiger partial charge in [-0.05, 0) is 49.4 Å². The Morgan fingerprint density at radius 2 is 1.90 bits per heavy atom. The highest BCUT2D eigenvalue weighted by atomic mass is 16.5. The summed E-state index contributed by atoms with van der Waals surface area (Å²) in [5.74, 6) is 0.117.